The largest absolute Gasteiger partial charge is 0.357 e. The molecular formula is C20H33IN4S. The van der Waals surface area contributed by atoms with Gasteiger partial charge in [-0.3, -0.25) is 9.89 Å². The van der Waals surface area contributed by atoms with E-state index in [1.807, 2.05) is 11.8 Å². The van der Waals surface area contributed by atoms with Crippen LogP contribution in [0.25, 0.3) is 0 Å². The summed E-state index contributed by atoms with van der Waals surface area (Å²) in [6.07, 6.45) is 4.02. The lowest BCUT2D eigenvalue weighted by Crippen LogP contribution is -2.43. The van der Waals surface area contributed by atoms with Crippen molar-refractivity contribution in [3.63, 3.8) is 0 Å². The second-order valence-electron chi connectivity index (χ2n) is 7.07. The van der Waals surface area contributed by atoms with E-state index in [1.165, 1.54) is 37.2 Å². The van der Waals surface area contributed by atoms with Crippen molar-refractivity contribution in [2.45, 2.75) is 49.3 Å². The number of nitrogens with one attached hydrogen (secondary N) is 1. The second-order valence-corrected chi connectivity index (χ2v) is 8.58. The lowest BCUT2D eigenvalue weighted by molar-refractivity contribution is 0.249. The molecule has 0 spiro atoms. The third-order valence-corrected chi connectivity index (χ3v) is 6.13. The predicted molar refractivity (Wildman–Crippen MR) is 124 cm³/mol. The Bertz CT molecular complexity index is 548. The van der Waals surface area contributed by atoms with Crippen LogP contribution in [0.3, 0.4) is 0 Å². The molecule has 2 fully saturated rings. The van der Waals surface area contributed by atoms with Crippen LogP contribution in [0.1, 0.15) is 33.1 Å². The number of nitrogens with zero attached hydrogens (tertiary/aromatic N) is 3. The Balaban J connectivity index is 0.00000243. The lowest BCUT2D eigenvalue weighted by Gasteiger charge is -2.25. The van der Waals surface area contributed by atoms with Gasteiger partial charge in [-0.05, 0) is 51.4 Å². The molecule has 2 heterocycles. The van der Waals surface area contributed by atoms with Crippen LogP contribution in [0.2, 0.25) is 0 Å². The molecule has 146 valence electrons. The van der Waals surface area contributed by atoms with Crippen molar-refractivity contribution in [3.8, 4) is 0 Å². The monoisotopic (exact) mass is 488 g/mol. The fourth-order valence-electron chi connectivity index (χ4n) is 3.75. The highest BCUT2D eigenvalue weighted by molar-refractivity contribution is 14.0. The Labute approximate surface area is 180 Å². The SMILES string of the molecule is CCNC(=NCC(C)Sc1ccccc1)N1CCC(N2CCCC2)C1.I. The van der Waals surface area contributed by atoms with Gasteiger partial charge in [-0.15, -0.1) is 35.7 Å². The maximum absolute atomic E-state index is 4.94. The van der Waals surface area contributed by atoms with Gasteiger partial charge in [0.1, 0.15) is 0 Å². The zero-order chi connectivity index (χ0) is 17.5. The number of halogens is 1. The first-order valence-corrected chi connectivity index (χ1v) is 10.6. The molecule has 2 aliphatic rings. The van der Waals surface area contributed by atoms with Crippen molar-refractivity contribution >= 4 is 41.7 Å². The van der Waals surface area contributed by atoms with E-state index in [9.17, 15) is 0 Å². The van der Waals surface area contributed by atoms with Gasteiger partial charge in [0.15, 0.2) is 5.96 Å². The summed E-state index contributed by atoms with van der Waals surface area (Å²) < 4.78 is 0. The second kappa shape index (κ2) is 11.4. The average Bonchev–Trinajstić information content (AvgIpc) is 3.30. The summed E-state index contributed by atoms with van der Waals surface area (Å²) in [7, 11) is 0. The molecule has 0 radical (unpaired) electrons. The summed E-state index contributed by atoms with van der Waals surface area (Å²) in [4.78, 5) is 11.4. The van der Waals surface area contributed by atoms with Crippen molar-refractivity contribution < 1.29 is 0 Å². The number of rotatable bonds is 6. The van der Waals surface area contributed by atoms with Gasteiger partial charge in [-0.2, -0.15) is 0 Å². The topological polar surface area (TPSA) is 30.9 Å². The van der Waals surface area contributed by atoms with Crippen LogP contribution in [0.15, 0.2) is 40.2 Å². The van der Waals surface area contributed by atoms with Gasteiger partial charge >= 0.3 is 0 Å². The molecule has 2 aliphatic heterocycles. The highest BCUT2D eigenvalue weighted by Gasteiger charge is 2.30. The summed E-state index contributed by atoms with van der Waals surface area (Å²) in [5.41, 5.74) is 0. The van der Waals surface area contributed by atoms with Crippen LogP contribution in [0.5, 0.6) is 0 Å². The molecule has 1 aromatic carbocycles. The molecule has 2 saturated heterocycles. The Morgan fingerprint density at radius 2 is 1.96 bits per heavy atom. The fraction of sp³-hybridized carbons (Fsp3) is 0.650. The molecule has 4 nitrogen and oxygen atoms in total. The number of aliphatic imine (C=N–C) groups is 1. The molecule has 0 amide bonds. The Kier molecular flexibility index (Phi) is 9.56. The molecule has 0 saturated carbocycles. The first-order valence-electron chi connectivity index (χ1n) is 9.75. The predicted octanol–water partition coefficient (Wildman–Crippen LogP) is 3.92. The molecule has 0 bridgehead atoms. The minimum absolute atomic E-state index is 0. The van der Waals surface area contributed by atoms with E-state index in [0.29, 0.717) is 5.25 Å². The van der Waals surface area contributed by atoms with E-state index in [0.717, 1.165) is 38.2 Å². The number of hydrogen-bond acceptors (Lipinski definition) is 3. The highest BCUT2D eigenvalue weighted by atomic mass is 127. The summed E-state index contributed by atoms with van der Waals surface area (Å²) in [6, 6.07) is 11.4. The molecule has 1 N–H and O–H groups in total. The normalized spacial score (nSPS) is 22.3. The smallest absolute Gasteiger partial charge is 0.194 e. The van der Waals surface area contributed by atoms with Gasteiger partial charge in [-0.25, -0.2) is 0 Å². The van der Waals surface area contributed by atoms with E-state index in [2.05, 4.69) is 59.3 Å². The van der Waals surface area contributed by atoms with Gasteiger partial charge in [0.25, 0.3) is 0 Å². The van der Waals surface area contributed by atoms with E-state index in [-0.39, 0.29) is 24.0 Å². The number of guanidine groups is 1. The molecule has 0 aliphatic carbocycles. The molecule has 26 heavy (non-hydrogen) atoms. The van der Waals surface area contributed by atoms with Crippen molar-refractivity contribution in [3.05, 3.63) is 30.3 Å². The Morgan fingerprint density at radius 3 is 2.65 bits per heavy atom. The molecule has 6 heteroatoms. The maximum Gasteiger partial charge on any atom is 0.194 e. The quantitative estimate of drug-likeness (QED) is 0.285. The average molecular weight is 488 g/mol. The van der Waals surface area contributed by atoms with Crippen LogP contribution < -0.4 is 5.32 Å². The van der Waals surface area contributed by atoms with Crippen LogP contribution in [0.4, 0.5) is 0 Å². The van der Waals surface area contributed by atoms with Gasteiger partial charge in [0, 0.05) is 35.8 Å². The number of thioether (sulfide) groups is 1. The van der Waals surface area contributed by atoms with Crippen molar-refractivity contribution in [2.75, 3.05) is 39.3 Å². The third-order valence-electron chi connectivity index (χ3n) is 5.03. The van der Waals surface area contributed by atoms with E-state index < -0.39 is 0 Å². The van der Waals surface area contributed by atoms with Crippen molar-refractivity contribution in [1.29, 1.82) is 0 Å². The summed E-state index contributed by atoms with van der Waals surface area (Å²) in [5.74, 6) is 1.10. The molecule has 0 aromatic heterocycles. The molecule has 2 unspecified atom stereocenters. The van der Waals surface area contributed by atoms with Crippen molar-refractivity contribution in [2.24, 2.45) is 4.99 Å². The Morgan fingerprint density at radius 1 is 1.23 bits per heavy atom. The van der Waals surface area contributed by atoms with Crippen LogP contribution in [-0.4, -0.2) is 66.3 Å². The molecular weight excluding hydrogens is 455 g/mol. The first kappa shape index (κ1) is 21.8. The number of likely N-dealkylation sites (tertiary alicyclic amines) is 2. The minimum Gasteiger partial charge on any atom is -0.357 e. The van der Waals surface area contributed by atoms with Crippen LogP contribution >= 0.6 is 35.7 Å². The summed E-state index contributed by atoms with van der Waals surface area (Å²) in [6.45, 7) is 11.1. The van der Waals surface area contributed by atoms with Crippen LogP contribution in [-0.2, 0) is 0 Å². The molecule has 1 aromatic rings. The standard InChI is InChI=1S/C20H32N4S.HI/c1-3-21-20(22-15-17(2)25-19-9-5-4-6-10-19)24-14-11-18(16-24)23-12-7-8-13-23;/h4-6,9-10,17-18H,3,7-8,11-16H2,1-2H3,(H,21,22);1H. The van der Waals surface area contributed by atoms with E-state index in [1.54, 1.807) is 0 Å². The maximum atomic E-state index is 4.94. The Hall–Kier alpha value is -0.470. The van der Waals surface area contributed by atoms with E-state index in [4.69, 9.17) is 4.99 Å². The molecule has 3 rings (SSSR count). The number of benzene rings is 1. The zero-order valence-electron chi connectivity index (χ0n) is 16.1. The van der Waals surface area contributed by atoms with E-state index >= 15 is 0 Å². The zero-order valence-corrected chi connectivity index (χ0v) is 19.2. The number of hydrogen-bond donors (Lipinski definition) is 1. The van der Waals surface area contributed by atoms with Gasteiger partial charge in [0.05, 0.1) is 6.54 Å². The lowest BCUT2D eigenvalue weighted by atomic mass is 10.2. The fourth-order valence-corrected chi connectivity index (χ4v) is 4.68. The minimum atomic E-state index is 0. The highest BCUT2D eigenvalue weighted by Crippen LogP contribution is 2.23. The third kappa shape index (κ3) is 6.30. The van der Waals surface area contributed by atoms with Gasteiger partial charge in [0.2, 0.25) is 0 Å². The first-order chi connectivity index (χ1) is 12.3. The van der Waals surface area contributed by atoms with Gasteiger partial charge in [-0.1, -0.05) is 25.1 Å². The van der Waals surface area contributed by atoms with Crippen molar-refractivity contribution in [1.82, 2.24) is 15.1 Å². The van der Waals surface area contributed by atoms with Gasteiger partial charge < -0.3 is 10.2 Å². The molecule has 2 atom stereocenters. The summed E-state index contributed by atoms with van der Waals surface area (Å²) in [5, 5.41) is 3.98. The van der Waals surface area contributed by atoms with Crippen LogP contribution in [0, 0.1) is 0 Å². The summed E-state index contributed by atoms with van der Waals surface area (Å²) >= 11 is 1.91.